The highest BCUT2D eigenvalue weighted by molar-refractivity contribution is 5.92. The molecule has 1 aliphatic heterocycles. The lowest BCUT2D eigenvalue weighted by molar-refractivity contribution is -0.116. The van der Waals surface area contributed by atoms with E-state index in [0.29, 0.717) is 23.5 Å². The van der Waals surface area contributed by atoms with E-state index in [9.17, 15) is 9.59 Å². The number of benzene rings is 1. The smallest absolute Gasteiger partial charge is 0.278 e. The summed E-state index contributed by atoms with van der Waals surface area (Å²) in [6.45, 7) is 6.97. The van der Waals surface area contributed by atoms with Crippen LogP contribution in [0.5, 0.6) is 0 Å². The molecule has 1 N–H and O–H groups in total. The largest absolute Gasteiger partial charge is 0.330 e. The van der Waals surface area contributed by atoms with Gasteiger partial charge in [0.1, 0.15) is 17.9 Å². The standard InChI is InChI=1S/C23H28N4O2/c1-15(2)17-8-7-9-18(13-17)24-21(28)14-27-16(3)12-19-22(27)23(29)26-11-6-4-5-10-20(26)25-19/h7-9,12-13,15H,4-6,10-11,14H2,1-3H3,(H,24,28). The SMILES string of the molecule is Cc1cc2nc3n(c(=O)c2n1CC(=O)Nc1cccc(C(C)C)c1)CCCCC3. The van der Waals surface area contributed by atoms with Crippen LogP contribution in [-0.4, -0.2) is 20.0 Å². The van der Waals surface area contributed by atoms with Crippen molar-refractivity contribution in [2.75, 3.05) is 5.32 Å². The van der Waals surface area contributed by atoms with Gasteiger partial charge in [0.15, 0.2) is 0 Å². The molecule has 6 heteroatoms. The molecule has 0 aliphatic carbocycles. The number of carbonyl (C=O) groups is 1. The van der Waals surface area contributed by atoms with Gasteiger partial charge in [-0.05, 0) is 49.4 Å². The van der Waals surface area contributed by atoms with E-state index in [0.717, 1.165) is 42.9 Å². The van der Waals surface area contributed by atoms with E-state index in [1.807, 2.05) is 31.2 Å². The molecule has 152 valence electrons. The predicted octanol–water partition coefficient (Wildman–Crippen LogP) is 3.99. The normalized spacial score (nSPS) is 14.1. The average Bonchev–Trinajstić information content (AvgIpc) is 2.84. The number of aryl methyl sites for hydroxylation is 2. The molecule has 3 heterocycles. The molecule has 0 radical (unpaired) electrons. The van der Waals surface area contributed by atoms with E-state index in [1.165, 1.54) is 5.56 Å². The van der Waals surface area contributed by atoms with Gasteiger partial charge >= 0.3 is 0 Å². The van der Waals surface area contributed by atoms with Crippen molar-refractivity contribution >= 4 is 22.6 Å². The van der Waals surface area contributed by atoms with Crippen LogP contribution in [0.3, 0.4) is 0 Å². The van der Waals surface area contributed by atoms with Gasteiger partial charge in [0, 0.05) is 24.3 Å². The van der Waals surface area contributed by atoms with Crippen LogP contribution in [0, 0.1) is 6.92 Å². The number of hydrogen-bond donors (Lipinski definition) is 1. The van der Waals surface area contributed by atoms with E-state index in [-0.39, 0.29) is 18.0 Å². The van der Waals surface area contributed by atoms with Crippen LogP contribution in [-0.2, 0) is 24.3 Å². The van der Waals surface area contributed by atoms with Crippen molar-refractivity contribution in [3.05, 3.63) is 57.8 Å². The van der Waals surface area contributed by atoms with Crippen LogP contribution in [0.1, 0.15) is 56.1 Å². The monoisotopic (exact) mass is 392 g/mol. The van der Waals surface area contributed by atoms with Gasteiger partial charge in [-0.25, -0.2) is 4.98 Å². The summed E-state index contributed by atoms with van der Waals surface area (Å²) >= 11 is 0. The second kappa shape index (κ2) is 7.85. The lowest BCUT2D eigenvalue weighted by Crippen LogP contribution is -2.28. The Balaban J connectivity index is 1.65. The third-order valence-corrected chi connectivity index (χ3v) is 5.71. The van der Waals surface area contributed by atoms with Gasteiger partial charge in [0.05, 0.1) is 5.52 Å². The van der Waals surface area contributed by atoms with Crippen molar-refractivity contribution in [1.29, 1.82) is 0 Å². The van der Waals surface area contributed by atoms with Crippen molar-refractivity contribution in [2.24, 2.45) is 0 Å². The fourth-order valence-corrected chi connectivity index (χ4v) is 4.09. The predicted molar refractivity (Wildman–Crippen MR) is 115 cm³/mol. The topological polar surface area (TPSA) is 68.9 Å². The molecule has 0 atom stereocenters. The number of nitrogens with zero attached hydrogens (tertiary/aromatic N) is 3. The lowest BCUT2D eigenvalue weighted by atomic mass is 10.0. The molecule has 0 saturated heterocycles. The average molecular weight is 393 g/mol. The third-order valence-electron chi connectivity index (χ3n) is 5.71. The molecule has 2 aromatic heterocycles. The Morgan fingerprint density at radius 3 is 2.83 bits per heavy atom. The zero-order chi connectivity index (χ0) is 20.5. The number of anilines is 1. The number of carbonyl (C=O) groups excluding carboxylic acids is 1. The number of amides is 1. The molecule has 1 aliphatic rings. The molecule has 0 unspecified atom stereocenters. The van der Waals surface area contributed by atoms with Crippen molar-refractivity contribution in [1.82, 2.24) is 14.1 Å². The zero-order valence-corrected chi connectivity index (χ0v) is 17.4. The first kappa shape index (κ1) is 19.4. The van der Waals surface area contributed by atoms with Gasteiger partial charge in [-0.3, -0.25) is 14.2 Å². The molecule has 0 bridgehead atoms. The van der Waals surface area contributed by atoms with Crippen LogP contribution in [0.2, 0.25) is 0 Å². The van der Waals surface area contributed by atoms with Gasteiger partial charge in [0.2, 0.25) is 5.91 Å². The molecule has 1 aromatic carbocycles. The number of rotatable bonds is 4. The van der Waals surface area contributed by atoms with Crippen LogP contribution >= 0.6 is 0 Å². The highest BCUT2D eigenvalue weighted by Crippen LogP contribution is 2.20. The zero-order valence-electron chi connectivity index (χ0n) is 17.4. The fourth-order valence-electron chi connectivity index (χ4n) is 4.09. The molecule has 0 spiro atoms. The quantitative estimate of drug-likeness (QED) is 0.730. The number of aromatic nitrogens is 3. The first-order valence-electron chi connectivity index (χ1n) is 10.4. The molecule has 0 saturated carbocycles. The van der Waals surface area contributed by atoms with Crippen LogP contribution in [0.25, 0.3) is 11.0 Å². The Bertz CT molecular complexity index is 1120. The summed E-state index contributed by atoms with van der Waals surface area (Å²) in [6, 6.07) is 9.81. The molecular formula is C23H28N4O2. The van der Waals surface area contributed by atoms with Crippen LogP contribution in [0.15, 0.2) is 35.1 Å². The maximum Gasteiger partial charge on any atom is 0.278 e. The summed E-state index contributed by atoms with van der Waals surface area (Å²) in [5, 5.41) is 2.97. The van der Waals surface area contributed by atoms with E-state index in [2.05, 4.69) is 25.2 Å². The molecular weight excluding hydrogens is 364 g/mol. The second-order valence-electron chi connectivity index (χ2n) is 8.23. The van der Waals surface area contributed by atoms with Crippen LogP contribution in [0.4, 0.5) is 5.69 Å². The highest BCUT2D eigenvalue weighted by atomic mass is 16.2. The number of fused-ring (bicyclic) bond motifs is 2. The van der Waals surface area contributed by atoms with Gasteiger partial charge in [-0.2, -0.15) is 0 Å². The first-order chi connectivity index (χ1) is 13.9. The summed E-state index contributed by atoms with van der Waals surface area (Å²) in [4.78, 5) is 30.7. The minimum atomic E-state index is -0.147. The number of hydrogen-bond acceptors (Lipinski definition) is 3. The molecule has 1 amide bonds. The first-order valence-corrected chi connectivity index (χ1v) is 10.4. The van der Waals surface area contributed by atoms with Crippen LogP contribution < -0.4 is 10.9 Å². The summed E-state index contributed by atoms with van der Waals surface area (Å²) in [6.07, 6.45) is 4.01. The molecule has 6 nitrogen and oxygen atoms in total. The second-order valence-corrected chi connectivity index (χ2v) is 8.23. The van der Waals surface area contributed by atoms with Crippen molar-refractivity contribution in [2.45, 2.75) is 65.5 Å². The van der Waals surface area contributed by atoms with Crippen molar-refractivity contribution < 1.29 is 4.79 Å². The summed E-state index contributed by atoms with van der Waals surface area (Å²) < 4.78 is 3.60. The third kappa shape index (κ3) is 3.84. The highest BCUT2D eigenvalue weighted by Gasteiger charge is 2.19. The van der Waals surface area contributed by atoms with Crippen molar-refractivity contribution in [3.63, 3.8) is 0 Å². The lowest BCUT2D eigenvalue weighted by Gasteiger charge is -2.13. The minimum Gasteiger partial charge on any atom is -0.330 e. The molecule has 3 aromatic rings. The minimum absolute atomic E-state index is 0.0328. The molecule has 29 heavy (non-hydrogen) atoms. The maximum absolute atomic E-state index is 13.2. The Morgan fingerprint density at radius 1 is 1.21 bits per heavy atom. The molecule has 4 rings (SSSR count). The Morgan fingerprint density at radius 2 is 2.03 bits per heavy atom. The van der Waals surface area contributed by atoms with E-state index in [1.54, 1.807) is 9.13 Å². The Hall–Kier alpha value is -2.89. The van der Waals surface area contributed by atoms with Gasteiger partial charge in [-0.15, -0.1) is 0 Å². The number of nitrogens with one attached hydrogen (secondary N) is 1. The maximum atomic E-state index is 13.2. The van der Waals surface area contributed by atoms with Gasteiger partial charge in [-0.1, -0.05) is 32.4 Å². The van der Waals surface area contributed by atoms with E-state index >= 15 is 0 Å². The summed E-state index contributed by atoms with van der Waals surface area (Å²) in [7, 11) is 0. The fraction of sp³-hybridized carbons (Fsp3) is 0.435. The van der Waals surface area contributed by atoms with E-state index in [4.69, 9.17) is 4.98 Å². The molecule has 0 fully saturated rings. The summed E-state index contributed by atoms with van der Waals surface area (Å²) in [5.41, 5.74) is 4.01. The summed E-state index contributed by atoms with van der Waals surface area (Å²) in [5.74, 6) is 1.11. The van der Waals surface area contributed by atoms with Gasteiger partial charge in [0.25, 0.3) is 5.56 Å². The van der Waals surface area contributed by atoms with E-state index < -0.39 is 0 Å². The van der Waals surface area contributed by atoms with Crippen molar-refractivity contribution in [3.8, 4) is 0 Å². The Kier molecular flexibility index (Phi) is 5.26. The Labute approximate surface area is 170 Å². The van der Waals surface area contributed by atoms with Gasteiger partial charge < -0.3 is 9.88 Å².